The van der Waals surface area contributed by atoms with Gasteiger partial charge in [0.15, 0.2) is 0 Å². The summed E-state index contributed by atoms with van der Waals surface area (Å²) in [5.41, 5.74) is 0. The molecule has 0 saturated carbocycles. The van der Waals surface area contributed by atoms with Crippen molar-refractivity contribution in [1.82, 2.24) is 9.80 Å². The van der Waals surface area contributed by atoms with Crippen molar-refractivity contribution in [3.05, 3.63) is 46.5 Å². The van der Waals surface area contributed by atoms with Crippen molar-refractivity contribution in [2.75, 3.05) is 19.6 Å². The van der Waals surface area contributed by atoms with Gasteiger partial charge in [0, 0.05) is 17.5 Å². The van der Waals surface area contributed by atoms with Gasteiger partial charge in [0.2, 0.25) is 5.91 Å². The summed E-state index contributed by atoms with van der Waals surface area (Å²) in [6.45, 7) is 2.20. The van der Waals surface area contributed by atoms with Crippen LogP contribution in [-0.2, 0) is 11.3 Å². The predicted molar refractivity (Wildman–Crippen MR) is 92.2 cm³/mol. The van der Waals surface area contributed by atoms with Crippen LogP contribution in [-0.4, -0.2) is 35.3 Å². The maximum absolute atomic E-state index is 12.8. The second-order valence-electron chi connectivity index (χ2n) is 5.95. The van der Waals surface area contributed by atoms with Crippen LogP contribution in [0.4, 0.5) is 0 Å². The maximum atomic E-state index is 12.8. The normalized spacial score (nSPS) is 17.7. The van der Waals surface area contributed by atoms with Crippen LogP contribution in [0.3, 0.4) is 0 Å². The third-order valence-electron chi connectivity index (χ3n) is 4.35. The largest absolute Gasteiger partial charge is 0.467 e. The molecule has 0 unspecified atom stereocenters. The molecule has 24 heavy (non-hydrogen) atoms. The number of likely N-dealkylation sites (tertiary alicyclic amines) is 1. The van der Waals surface area contributed by atoms with Crippen LogP contribution in [0.2, 0.25) is 0 Å². The molecule has 126 valence electrons. The first-order chi connectivity index (χ1) is 11.8. The molecule has 1 amide bonds. The lowest BCUT2D eigenvalue weighted by atomic mass is 10.2. The van der Waals surface area contributed by atoms with Crippen LogP contribution in [0.25, 0.3) is 0 Å². The molecule has 2 aromatic rings. The SMILES string of the molecule is N#CCCN(Cc1ccco1)C(=O)CN1CCC[C@H]1c1cccs1. The number of amides is 1. The summed E-state index contributed by atoms with van der Waals surface area (Å²) in [6.07, 6.45) is 4.16. The third-order valence-corrected chi connectivity index (χ3v) is 5.32. The lowest BCUT2D eigenvalue weighted by molar-refractivity contribution is -0.133. The molecule has 1 fully saturated rings. The molecular formula is C18H21N3O2S. The van der Waals surface area contributed by atoms with Gasteiger partial charge in [-0.05, 0) is 43.0 Å². The Morgan fingerprint density at radius 3 is 3.08 bits per heavy atom. The molecule has 3 rings (SSSR count). The van der Waals surface area contributed by atoms with Crippen molar-refractivity contribution < 1.29 is 9.21 Å². The Morgan fingerprint density at radius 1 is 1.46 bits per heavy atom. The summed E-state index contributed by atoms with van der Waals surface area (Å²) < 4.78 is 5.36. The Labute approximate surface area is 146 Å². The van der Waals surface area contributed by atoms with Crippen molar-refractivity contribution in [3.8, 4) is 6.07 Å². The highest BCUT2D eigenvalue weighted by Gasteiger charge is 2.29. The van der Waals surface area contributed by atoms with Crippen LogP contribution in [0.15, 0.2) is 40.3 Å². The van der Waals surface area contributed by atoms with Gasteiger partial charge in [-0.2, -0.15) is 5.26 Å². The Balaban J connectivity index is 1.64. The van der Waals surface area contributed by atoms with Gasteiger partial charge in [-0.15, -0.1) is 11.3 Å². The predicted octanol–water partition coefficient (Wildman–Crippen LogP) is 3.42. The number of carbonyl (C=O) groups is 1. The maximum Gasteiger partial charge on any atom is 0.237 e. The van der Waals surface area contributed by atoms with Crippen molar-refractivity contribution in [2.45, 2.75) is 31.8 Å². The summed E-state index contributed by atoms with van der Waals surface area (Å²) >= 11 is 1.75. The van der Waals surface area contributed by atoms with Crippen LogP contribution < -0.4 is 0 Å². The molecule has 6 heteroatoms. The molecular weight excluding hydrogens is 322 g/mol. The van der Waals surface area contributed by atoms with Gasteiger partial charge >= 0.3 is 0 Å². The topological polar surface area (TPSA) is 60.5 Å². The molecule has 2 aromatic heterocycles. The number of hydrogen-bond donors (Lipinski definition) is 0. The van der Waals surface area contributed by atoms with E-state index in [1.165, 1.54) is 4.88 Å². The molecule has 1 aliphatic heterocycles. The average Bonchev–Trinajstić information content (AvgIpc) is 3.32. The van der Waals surface area contributed by atoms with Gasteiger partial charge in [0.1, 0.15) is 5.76 Å². The minimum Gasteiger partial charge on any atom is -0.467 e. The minimum absolute atomic E-state index is 0.0603. The number of nitriles is 1. The van der Waals surface area contributed by atoms with Crippen molar-refractivity contribution >= 4 is 17.2 Å². The van der Waals surface area contributed by atoms with Gasteiger partial charge in [-0.3, -0.25) is 9.69 Å². The molecule has 3 heterocycles. The monoisotopic (exact) mass is 343 g/mol. The second kappa shape index (κ2) is 8.13. The number of nitrogens with zero attached hydrogens (tertiary/aromatic N) is 3. The molecule has 0 N–H and O–H groups in total. The van der Waals surface area contributed by atoms with Gasteiger partial charge in [-0.1, -0.05) is 6.07 Å². The van der Waals surface area contributed by atoms with Crippen molar-refractivity contribution in [3.63, 3.8) is 0 Å². The molecule has 1 atom stereocenters. The van der Waals surface area contributed by atoms with E-state index in [0.29, 0.717) is 32.1 Å². The molecule has 0 bridgehead atoms. The number of carbonyl (C=O) groups excluding carboxylic acids is 1. The summed E-state index contributed by atoms with van der Waals surface area (Å²) in [7, 11) is 0. The van der Waals surface area contributed by atoms with E-state index in [1.807, 2.05) is 12.1 Å². The minimum atomic E-state index is 0.0603. The molecule has 0 spiro atoms. The van der Waals surface area contributed by atoms with E-state index in [1.54, 1.807) is 22.5 Å². The third kappa shape index (κ3) is 4.05. The van der Waals surface area contributed by atoms with E-state index in [0.717, 1.165) is 25.1 Å². The first kappa shape index (κ1) is 16.7. The van der Waals surface area contributed by atoms with Gasteiger partial charge in [-0.25, -0.2) is 0 Å². The standard InChI is InChI=1S/C18H21N3O2S/c19-8-4-10-21(13-15-5-2-11-23-15)18(22)14-20-9-1-6-16(20)17-7-3-12-24-17/h2-3,5,7,11-12,16H,1,4,6,9-10,13-14H2/t16-/m0/s1. The summed E-state index contributed by atoms with van der Waals surface area (Å²) in [5.74, 6) is 0.808. The number of furan rings is 1. The summed E-state index contributed by atoms with van der Waals surface area (Å²) in [5, 5.41) is 10.9. The first-order valence-corrected chi connectivity index (χ1v) is 9.10. The smallest absolute Gasteiger partial charge is 0.237 e. The zero-order chi connectivity index (χ0) is 16.8. The highest BCUT2D eigenvalue weighted by Crippen LogP contribution is 2.34. The van der Waals surface area contributed by atoms with E-state index in [4.69, 9.17) is 9.68 Å². The number of rotatable bonds is 7. The quantitative estimate of drug-likeness (QED) is 0.773. The van der Waals surface area contributed by atoms with Crippen LogP contribution >= 0.6 is 11.3 Å². The fraction of sp³-hybridized carbons (Fsp3) is 0.444. The number of thiophene rings is 1. The van der Waals surface area contributed by atoms with E-state index in [9.17, 15) is 4.79 Å². The lowest BCUT2D eigenvalue weighted by Gasteiger charge is -2.27. The lowest BCUT2D eigenvalue weighted by Crippen LogP contribution is -2.40. The van der Waals surface area contributed by atoms with Crippen molar-refractivity contribution in [2.24, 2.45) is 0 Å². The number of hydrogen-bond acceptors (Lipinski definition) is 5. The zero-order valence-corrected chi connectivity index (χ0v) is 14.4. The van der Waals surface area contributed by atoms with Crippen LogP contribution in [0, 0.1) is 11.3 Å². The molecule has 1 saturated heterocycles. The van der Waals surface area contributed by atoms with E-state index < -0.39 is 0 Å². The van der Waals surface area contributed by atoms with Crippen molar-refractivity contribution in [1.29, 1.82) is 5.26 Å². The Hall–Kier alpha value is -2.10. The Morgan fingerprint density at radius 2 is 2.38 bits per heavy atom. The average molecular weight is 343 g/mol. The molecule has 0 radical (unpaired) electrons. The molecule has 0 aromatic carbocycles. The molecule has 5 nitrogen and oxygen atoms in total. The van der Waals surface area contributed by atoms with Gasteiger partial charge in [0.25, 0.3) is 0 Å². The van der Waals surface area contributed by atoms with Gasteiger partial charge in [0.05, 0.1) is 31.8 Å². The molecule has 0 aliphatic carbocycles. The Kier molecular flexibility index (Phi) is 5.68. The molecule has 1 aliphatic rings. The van der Waals surface area contributed by atoms with Crippen LogP contribution in [0.1, 0.15) is 35.9 Å². The fourth-order valence-electron chi connectivity index (χ4n) is 3.16. The summed E-state index contributed by atoms with van der Waals surface area (Å²) in [6, 6.07) is 10.3. The Bertz CT molecular complexity index is 676. The highest BCUT2D eigenvalue weighted by atomic mass is 32.1. The highest BCUT2D eigenvalue weighted by molar-refractivity contribution is 7.10. The van der Waals surface area contributed by atoms with E-state index in [2.05, 4.69) is 28.5 Å². The van der Waals surface area contributed by atoms with Crippen LogP contribution in [0.5, 0.6) is 0 Å². The zero-order valence-electron chi connectivity index (χ0n) is 13.6. The van der Waals surface area contributed by atoms with E-state index >= 15 is 0 Å². The fourth-order valence-corrected chi connectivity index (χ4v) is 4.06. The second-order valence-corrected chi connectivity index (χ2v) is 6.93. The first-order valence-electron chi connectivity index (χ1n) is 8.22. The summed E-state index contributed by atoms with van der Waals surface area (Å²) in [4.78, 5) is 18.1. The van der Waals surface area contributed by atoms with E-state index in [-0.39, 0.29) is 5.91 Å². The van der Waals surface area contributed by atoms with Gasteiger partial charge < -0.3 is 9.32 Å².